The van der Waals surface area contributed by atoms with E-state index >= 15 is 0 Å². The van der Waals surface area contributed by atoms with E-state index < -0.39 is 0 Å². The minimum Gasteiger partial charge on any atom is -0.307 e. The molecule has 1 atom stereocenters. The number of nitrogens with zero attached hydrogens (tertiary/aromatic N) is 1. The van der Waals surface area contributed by atoms with E-state index in [1.54, 1.807) is 0 Å². The maximum atomic E-state index is 4.58. The molecular weight excluding hydrogens is 208 g/mol. The monoisotopic (exact) mass is 226 g/mol. The molecular formula is C15H18N2. The third-order valence-corrected chi connectivity index (χ3v) is 3.99. The minimum absolute atomic E-state index is 0.164. The van der Waals surface area contributed by atoms with Crippen molar-refractivity contribution >= 4 is 10.9 Å². The first-order valence-corrected chi connectivity index (χ1v) is 6.44. The molecule has 2 nitrogen and oxygen atoms in total. The molecule has 1 N–H and O–H groups in total. The standard InChI is InChI=1S/C15H18N2/c1-2-15(8-5-9-17-15)13-10-12-6-3-4-7-14(12)16-11-13/h3-4,6-7,10-11,17H,2,5,8-9H2,1H3. The summed E-state index contributed by atoms with van der Waals surface area (Å²) in [5, 5.41) is 4.90. The van der Waals surface area contributed by atoms with Gasteiger partial charge in [0.15, 0.2) is 0 Å². The highest BCUT2D eigenvalue weighted by molar-refractivity contribution is 5.79. The van der Waals surface area contributed by atoms with E-state index in [1.807, 2.05) is 12.3 Å². The van der Waals surface area contributed by atoms with E-state index in [1.165, 1.54) is 23.8 Å². The lowest BCUT2D eigenvalue weighted by molar-refractivity contribution is 0.375. The van der Waals surface area contributed by atoms with Crippen molar-refractivity contribution in [3.8, 4) is 0 Å². The van der Waals surface area contributed by atoms with Crippen LogP contribution in [0.3, 0.4) is 0 Å². The first kappa shape index (κ1) is 10.7. The van der Waals surface area contributed by atoms with E-state index in [0.29, 0.717) is 0 Å². The molecule has 2 heterocycles. The molecule has 2 aromatic rings. The van der Waals surface area contributed by atoms with Crippen LogP contribution in [0.4, 0.5) is 0 Å². The summed E-state index contributed by atoms with van der Waals surface area (Å²) in [6.45, 7) is 3.38. The Bertz CT molecular complexity index is 527. The largest absolute Gasteiger partial charge is 0.307 e. The molecule has 1 saturated heterocycles. The predicted molar refractivity (Wildman–Crippen MR) is 70.9 cm³/mol. The number of pyridine rings is 1. The molecule has 17 heavy (non-hydrogen) atoms. The van der Waals surface area contributed by atoms with Crippen LogP contribution >= 0.6 is 0 Å². The molecule has 0 radical (unpaired) electrons. The van der Waals surface area contributed by atoms with Crippen molar-refractivity contribution in [3.63, 3.8) is 0 Å². The molecule has 0 aliphatic carbocycles. The molecule has 3 rings (SSSR count). The zero-order valence-corrected chi connectivity index (χ0v) is 10.2. The third-order valence-electron chi connectivity index (χ3n) is 3.99. The van der Waals surface area contributed by atoms with Crippen molar-refractivity contribution in [2.24, 2.45) is 0 Å². The van der Waals surface area contributed by atoms with Gasteiger partial charge in [-0.25, -0.2) is 0 Å². The highest BCUT2D eigenvalue weighted by atomic mass is 15.0. The lowest BCUT2D eigenvalue weighted by Gasteiger charge is -2.28. The highest BCUT2D eigenvalue weighted by Crippen LogP contribution is 2.34. The van der Waals surface area contributed by atoms with Crippen LogP contribution in [0.25, 0.3) is 10.9 Å². The van der Waals surface area contributed by atoms with Crippen LogP contribution in [-0.2, 0) is 5.54 Å². The van der Waals surface area contributed by atoms with E-state index in [9.17, 15) is 0 Å². The van der Waals surface area contributed by atoms with Gasteiger partial charge in [0.2, 0.25) is 0 Å². The van der Waals surface area contributed by atoms with Gasteiger partial charge in [0, 0.05) is 17.1 Å². The van der Waals surface area contributed by atoms with Gasteiger partial charge in [-0.1, -0.05) is 25.1 Å². The molecule has 1 aromatic heterocycles. The van der Waals surface area contributed by atoms with Crippen molar-refractivity contribution in [1.82, 2.24) is 10.3 Å². The van der Waals surface area contributed by atoms with Crippen molar-refractivity contribution in [3.05, 3.63) is 42.1 Å². The predicted octanol–water partition coefficient (Wildman–Crippen LogP) is 3.22. The van der Waals surface area contributed by atoms with Gasteiger partial charge in [-0.05, 0) is 43.5 Å². The van der Waals surface area contributed by atoms with E-state index in [2.05, 4.69) is 41.5 Å². The topological polar surface area (TPSA) is 24.9 Å². The number of aromatic nitrogens is 1. The van der Waals surface area contributed by atoms with Crippen molar-refractivity contribution in [2.45, 2.75) is 31.7 Å². The number of fused-ring (bicyclic) bond motifs is 1. The Hall–Kier alpha value is -1.41. The fourth-order valence-corrected chi connectivity index (χ4v) is 2.89. The summed E-state index contributed by atoms with van der Waals surface area (Å²) in [6.07, 6.45) is 5.67. The lowest BCUT2D eigenvalue weighted by atomic mass is 9.86. The van der Waals surface area contributed by atoms with Gasteiger partial charge >= 0.3 is 0 Å². The Balaban J connectivity index is 2.10. The summed E-state index contributed by atoms with van der Waals surface area (Å²) in [6, 6.07) is 10.6. The van der Waals surface area contributed by atoms with Crippen LogP contribution in [0.1, 0.15) is 31.7 Å². The molecule has 2 heteroatoms. The van der Waals surface area contributed by atoms with Crippen molar-refractivity contribution in [2.75, 3.05) is 6.54 Å². The second kappa shape index (κ2) is 4.11. The van der Waals surface area contributed by atoms with Crippen molar-refractivity contribution < 1.29 is 0 Å². The Morgan fingerprint density at radius 3 is 3.00 bits per heavy atom. The van der Waals surface area contributed by atoms with Gasteiger partial charge in [0.05, 0.1) is 5.52 Å². The van der Waals surface area contributed by atoms with E-state index in [-0.39, 0.29) is 5.54 Å². The first-order chi connectivity index (χ1) is 8.34. The maximum absolute atomic E-state index is 4.58. The molecule has 88 valence electrons. The Morgan fingerprint density at radius 2 is 2.24 bits per heavy atom. The van der Waals surface area contributed by atoms with Gasteiger partial charge in [-0.2, -0.15) is 0 Å². The van der Waals surface area contributed by atoms with Gasteiger partial charge in [-0.3, -0.25) is 4.98 Å². The van der Waals surface area contributed by atoms with Gasteiger partial charge in [0.1, 0.15) is 0 Å². The van der Waals surface area contributed by atoms with Crippen LogP contribution < -0.4 is 5.32 Å². The molecule has 1 fully saturated rings. The van der Waals surface area contributed by atoms with Crippen LogP contribution in [-0.4, -0.2) is 11.5 Å². The van der Waals surface area contributed by atoms with Crippen LogP contribution in [0.2, 0.25) is 0 Å². The number of benzene rings is 1. The first-order valence-electron chi connectivity index (χ1n) is 6.44. The number of nitrogens with one attached hydrogen (secondary N) is 1. The zero-order valence-electron chi connectivity index (χ0n) is 10.2. The number of rotatable bonds is 2. The Kier molecular flexibility index (Phi) is 2.60. The summed E-state index contributed by atoms with van der Waals surface area (Å²) < 4.78 is 0. The minimum atomic E-state index is 0.164. The number of hydrogen-bond acceptors (Lipinski definition) is 2. The average Bonchev–Trinajstić information content (AvgIpc) is 2.88. The highest BCUT2D eigenvalue weighted by Gasteiger charge is 2.33. The van der Waals surface area contributed by atoms with Gasteiger partial charge < -0.3 is 5.32 Å². The summed E-state index contributed by atoms with van der Waals surface area (Å²) in [5.74, 6) is 0. The summed E-state index contributed by atoms with van der Waals surface area (Å²) in [5.41, 5.74) is 2.59. The Morgan fingerprint density at radius 1 is 1.35 bits per heavy atom. The third kappa shape index (κ3) is 1.73. The van der Waals surface area contributed by atoms with E-state index in [4.69, 9.17) is 0 Å². The van der Waals surface area contributed by atoms with Crippen molar-refractivity contribution in [1.29, 1.82) is 0 Å². The summed E-state index contributed by atoms with van der Waals surface area (Å²) >= 11 is 0. The van der Waals surface area contributed by atoms with Crippen LogP contribution in [0.5, 0.6) is 0 Å². The fraction of sp³-hybridized carbons (Fsp3) is 0.400. The Labute approximate surface area is 102 Å². The second-order valence-electron chi connectivity index (χ2n) is 4.88. The normalized spacial score (nSPS) is 24.3. The summed E-state index contributed by atoms with van der Waals surface area (Å²) in [4.78, 5) is 4.58. The molecule has 1 unspecified atom stereocenters. The molecule has 0 amide bonds. The molecule has 0 saturated carbocycles. The molecule has 0 bridgehead atoms. The average molecular weight is 226 g/mol. The zero-order chi connectivity index (χ0) is 11.7. The summed E-state index contributed by atoms with van der Waals surface area (Å²) in [7, 11) is 0. The smallest absolute Gasteiger partial charge is 0.0702 e. The van der Waals surface area contributed by atoms with Gasteiger partial charge in [-0.15, -0.1) is 0 Å². The van der Waals surface area contributed by atoms with Crippen LogP contribution in [0, 0.1) is 0 Å². The molecule has 1 aromatic carbocycles. The quantitative estimate of drug-likeness (QED) is 0.850. The fourth-order valence-electron chi connectivity index (χ4n) is 2.89. The van der Waals surface area contributed by atoms with Gasteiger partial charge in [0.25, 0.3) is 0 Å². The molecule has 1 aliphatic rings. The number of hydrogen-bond donors (Lipinski definition) is 1. The SMILES string of the molecule is CCC1(c2cnc3ccccc3c2)CCCN1. The maximum Gasteiger partial charge on any atom is 0.0702 e. The second-order valence-corrected chi connectivity index (χ2v) is 4.88. The van der Waals surface area contributed by atoms with E-state index in [0.717, 1.165) is 18.5 Å². The lowest BCUT2D eigenvalue weighted by Crippen LogP contribution is -2.36. The van der Waals surface area contributed by atoms with Crippen LogP contribution in [0.15, 0.2) is 36.5 Å². The molecule has 0 spiro atoms. The molecule has 1 aliphatic heterocycles. The number of para-hydroxylation sites is 1.